The number of fused-ring (bicyclic) bond motifs is 1. The number of hydrogen-bond donors (Lipinski definition) is 0. The molecule has 0 saturated carbocycles. The summed E-state index contributed by atoms with van der Waals surface area (Å²) in [6.07, 6.45) is 0.688. The van der Waals surface area contributed by atoms with Crippen molar-refractivity contribution in [2.45, 2.75) is 31.2 Å². The number of benzene rings is 2. The van der Waals surface area contributed by atoms with E-state index >= 15 is 0 Å². The van der Waals surface area contributed by atoms with Crippen LogP contribution in [-0.2, 0) is 16.4 Å². The topological polar surface area (TPSA) is 72.6 Å². The molecule has 0 spiro atoms. The molecule has 0 fully saturated rings. The molecule has 4 rings (SSSR count). The average molecular weight is 384 g/mol. The summed E-state index contributed by atoms with van der Waals surface area (Å²) in [4.78, 5) is 0.133. The van der Waals surface area contributed by atoms with Crippen LogP contribution in [0.15, 0.2) is 57.9 Å². The summed E-state index contributed by atoms with van der Waals surface area (Å²) < 4.78 is 39.1. The van der Waals surface area contributed by atoms with Gasteiger partial charge < -0.3 is 9.26 Å². The van der Waals surface area contributed by atoms with Crippen LogP contribution in [0, 0.1) is 6.92 Å². The third-order valence-corrected chi connectivity index (χ3v) is 6.73. The molecule has 6 nitrogen and oxygen atoms in total. The molecule has 0 aliphatic carbocycles. The minimum atomic E-state index is -3.78. The van der Waals surface area contributed by atoms with Crippen LogP contribution in [-0.4, -0.2) is 26.7 Å². The number of methoxy groups -OCH3 is 1. The molecular formula is C20H20N2O4S. The SMILES string of the molecule is COc1cc(-c2cc(C)no2)ccc1S(=O)(=O)N1c2ccccc2C[C@H]1C. The zero-order valence-corrected chi connectivity index (χ0v) is 16.2. The Labute approximate surface area is 158 Å². The molecule has 7 heteroatoms. The van der Waals surface area contributed by atoms with E-state index in [2.05, 4.69) is 5.16 Å². The third-order valence-electron chi connectivity index (χ3n) is 4.76. The Hall–Kier alpha value is -2.80. The highest BCUT2D eigenvalue weighted by atomic mass is 32.2. The zero-order chi connectivity index (χ0) is 19.2. The van der Waals surface area contributed by atoms with Crippen LogP contribution in [0.2, 0.25) is 0 Å². The highest BCUT2D eigenvalue weighted by Gasteiger charge is 2.37. The molecule has 0 radical (unpaired) electrons. The summed E-state index contributed by atoms with van der Waals surface area (Å²) in [5.74, 6) is 0.841. The molecule has 2 heterocycles. The van der Waals surface area contributed by atoms with Gasteiger partial charge in [-0.1, -0.05) is 23.4 Å². The van der Waals surface area contributed by atoms with Crippen LogP contribution in [0.25, 0.3) is 11.3 Å². The molecule has 2 aromatic carbocycles. The van der Waals surface area contributed by atoms with Gasteiger partial charge in [0.05, 0.1) is 18.5 Å². The molecule has 0 N–H and O–H groups in total. The van der Waals surface area contributed by atoms with Gasteiger partial charge in [0.2, 0.25) is 0 Å². The van der Waals surface area contributed by atoms with Gasteiger partial charge in [-0.05, 0) is 50.1 Å². The van der Waals surface area contributed by atoms with E-state index < -0.39 is 10.0 Å². The second kappa shape index (κ2) is 6.42. The lowest BCUT2D eigenvalue weighted by molar-refractivity contribution is 0.401. The summed E-state index contributed by atoms with van der Waals surface area (Å²) in [5, 5.41) is 3.88. The van der Waals surface area contributed by atoms with E-state index in [1.807, 2.05) is 38.1 Å². The Kier molecular flexibility index (Phi) is 4.19. The fourth-order valence-corrected chi connectivity index (χ4v) is 5.38. The largest absolute Gasteiger partial charge is 0.495 e. The Bertz CT molecular complexity index is 1100. The summed E-state index contributed by atoms with van der Waals surface area (Å²) in [6.45, 7) is 3.74. The van der Waals surface area contributed by atoms with Crippen molar-refractivity contribution in [1.29, 1.82) is 0 Å². The first-order valence-corrected chi connectivity index (χ1v) is 10.1. The maximum Gasteiger partial charge on any atom is 0.268 e. The second-order valence-electron chi connectivity index (χ2n) is 6.68. The quantitative estimate of drug-likeness (QED) is 0.684. The number of rotatable bonds is 4. The normalized spacial score (nSPS) is 16.4. The van der Waals surface area contributed by atoms with Crippen molar-refractivity contribution in [3.05, 3.63) is 59.8 Å². The lowest BCUT2D eigenvalue weighted by atomic mass is 10.1. The van der Waals surface area contributed by atoms with Gasteiger partial charge in [0, 0.05) is 17.7 Å². The Balaban J connectivity index is 1.80. The molecule has 1 aromatic heterocycles. The average Bonchev–Trinajstić information content (AvgIpc) is 3.23. The van der Waals surface area contributed by atoms with E-state index in [1.54, 1.807) is 24.3 Å². The summed E-state index contributed by atoms with van der Waals surface area (Å²) in [7, 11) is -2.31. The van der Waals surface area contributed by atoms with Crippen molar-refractivity contribution in [3.63, 3.8) is 0 Å². The van der Waals surface area contributed by atoms with Crippen molar-refractivity contribution in [2.75, 3.05) is 11.4 Å². The molecule has 0 bridgehead atoms. The molecular weight excluding hydrogens is 364 g/mol. The predicted octanol–water partition coefficient (Wildman–Crippen LogP) is 3.80. The molecule has 1 aliphatic rings. The van der Waals surface area contributed by atoms with Crippen molar-refractivity contribution < 1.29 is 17.7 Å². The van der Waals surface area contributed by atoms with E-state index in [0.29, 0.717) is 17.7 Å². The van der Waals surface area contributed by atoms with Crippen LogP contribution in [0.1, 0.15) is 18.2 Å². The number of nitrogens with zero attached hydrogens (tertiary/aromatic N) is 2. The number of sulfonamides is 1. The first-order chi connectivity index (χ1) is 12.9. The van der Waals surface area contributed by atoms with Crippen LogP contribution < -0.4 is 9.04 Å². The molecule has 3 aromatic rings. The summed E-state index contributed by atoms with van der Waals surface area (Å²) in [5.41, 5.74) is 3.22. The number of aryl methyl sites for hydroxylation is 1. The molecule has 0 unspecified atom stereocenters. The van der Waals surface area contributed by atoms with Gasteiger partial charge in [-0.15, -0.1) is 0 Å². The first kappa shape index (κ1) is 17.6. The standard InChI is InChI=1S/C20H20N2O4S/c1-13-10-18(26-21-13)16-8-9-20(19(12-16)25-3)27(23,24)22-14(2)11-15-6-4-5-7-17(15)22/h4-10,12,14H,11H2,1-3H3/t14-/m1/s1. The summed E-state index contributed by atoms with van der Waals surface area (Å²) >= 11 is 0. The summed E-state index contributed by atoms with van der Waals surface area (Å²) in [6, 6.07) is 14.2. The lowest BCUT2D eigenvalue weighted by Crippen LogP contribution is -2.35. The van der Waals surface area contributed by atoms with Gasteiger partial charge >= 0.3 is 0 Å². The maximum absolute atomic E-state index is 13.4. The molecule has 140 valence electrons. The highest BCUT2D eigenvalue weighted by molar-refractivity contribution is 7.93. The monoisotopic (exact) mass is 384 g/mol. The third kappa shape index (κ3) is 2.88. The van der Waals surface area contributed by atoms with E-state index in [0.717, 1.165) is 16.9 Å². The van der Waals surface area contributed by atoms with Crippen LogP contribution in [0.4, 0.5) is 5.69 Å². The van der Waals surface area contributed by atoms with E-state index in [1.165, 1.54) is 11.4 Å². The molecule has 1 atom stereocenters. The van der Waals surface area contributed by atoms with E-state index in [4.69, 9.17) is 9.26 Å². The van der Waals surface area contributed by atoms with Crippen molar-refractivity contribution in [1.82, 2.24) is 5.16 Å². The predicted molar refractivity (Wildman–Crippen MR) is 103 cm³/mol. The van der Waals surface area contributed by atoms with Crippen LogP contribution in [0.5, 0.6) is 5.75 Å². The van der Waals surface area contributed by atoms with Gasteiger partial charge in [0.15, 0.2) is 5.76 Å². The van der Waals surface area contributed by atoms with Crippen LogP contribution in [0.3, 0.4) is 0 Å². The Morgan fingerprint density at radius 3 is 2.67 bits per heavy atom. The van der Waals surface area contributed by atoms with Crippen molar-refractivity contribution in [2.24, 2.45) is 0 Å². The second-order valence-corrected chi connectivity index (χ2v) is 8.46. The molecule has 0 amide bonds. The van der Waals surface area contributed by atoms with E-state index in [9.17, 15) is 8.42 Å². The smallest absolute Gasteiger partial charge is 0.268 e. The van der Waals surface area contributed by atoms with E-state index in [-0.39, 0.29) is 16.7 Å². The number of aromatic nitrogens is 1. The molecule has 1 aliphatic heterocycles. The number of anilines is 1. The Morgan fingerprint density at radius 1 is 1.19 bits per heavy atom. The minimum Gasteiger partial charge on any atom is -0.495 e. The lowest BCUT2D eigenvalue weighted by Gasteiger charge is -2.25. The van der Waals surface area contributed by atoms with Crippen molar-refractivity contribution >= 4 is 15.7 Å². The number of ether oxygens (including phenoxy) is 1. The molecule has 27 heavy (non-hydrogen) atoms. The van der Waals surface area contributed by atoms with Gasteiger partial charge in [-0.3, -0.25) is 4.31 Å². The van der Waals surface area contributed by atoms with Crippen molar-refractivity contribution in [3.8, 4) is 17.1 Å². The molecule has 0 saturated heterocycles. The zero-order valence-electron chi connectivity index (χ0n) is 15.3. The minimum absolute atomic E-state index is 0.133. The van der Waals surface area contributed by atoms with Gasteiger partial charge in [-0.2, -0.15) is 0 Å². The van der Waals surface area contributed by atoms with Gasteiger partial charge in [-0.25, -0.2) is 8.42 Å². The number of para-hydroxylation sites is 1. The highest BCUT2D eigenvalue weighted by Crippen LogP contribution is 2.39. The Morgan fingerprint density at radius 2 is 1.96 bits per heavy atom. The fraction of sp³-hybridized carbons (Fsp3) is 0.250. The first-order valence-electron chi connectivity index (χ1n) is 8.66. The maximum atomic E-state index is 13.4. The fourth-order valence-electron chi connectivity index (χ4n) is 3.54. The van der Waals surface area contributed by atoms with Crippen LogP contribution >= 0.6 is 0 Å². The van der Waals surface area contributed by atoms with Gasteiger partial charge in [0.1, 0.15) is 10.6 Å². The van der Waals surface area contributed by atoms with Gasteiger partial charge in [0.25, 0.3) is 10.0 Å². The number of hydrogen-bond acceptors (Lipinski definition) is 5.